The van der Waals surface area contributed by atoms with Crippen molar-refractivity contribution < 1.29 is 19.1 Å². The van der Waals surface area contributed by atoms with Crippen LogP contribution in [0.2, 0.25) is 0 Å². The van der Waals surface area contributed by atoms with E-state index in [0.29, 0.717) is 32.4 Å². The molecule has 0 aliphatic carbocycles. The van der Waals surface area contributed by atoms with Crippen molar-refractivity contribution in [2.24, 2.45) is 5.41 Å². The zero-order chi connectivity index (χ0) is 16.4. The standard InChI is InChI=1S/C17H20N2O4/c1-23-13-4-2-3-12(9-13)5-6-15(21)19-8-7-17(11-19)10-14(20)18-16(17)22/h2-4,9H,5-8,10-11H2,1H3,(H,18,20,22)/t17-/m1/s1. The maximum absolute atomic E-state index is 12.4. The molecule has 0 unspecified atom stereocenters. The number of hydrogen-bond acceptors (Lipinski definition) is 4. The number of aryl methyl sites for hydroxylation is 1. The largest absolute Gasteiger partial charge is 0.497 e. The molecule has 1 N–H and O–H groups in total. The molecule has 122 valence electrons. The fraction of sp³-hybridized carbons (Fsp3) is 0.471. The molecule has 1 spiro atoms. The predicted molar refractivity (Wildman–Crippen MR) is 82.7 cm³/mol. The van der Waals surface area contributed by atoms with Gasteiger partial charge >= 0.3 is 0 Å². The topological polar surface area (TPSA) is 75.7 Å². The van der Waals surface area contributed by atoms with E-state index in [-0.39, 0.29) is 24.1 Å². The Balaban J connectivity index is 1.57. The van der Waals surface area contributed by atoms with E-state index >= 15 is 0 Å². The normalized spacial score (nSPS) is 23.4. The highest BCUT2D eigenvalue weighted by atomic mass is 16.5. The average molecular weight is 316 g/mol. The summed E-state index contributed by atoms with van der Waals surface area (Å²) in [5.41, 5.74) is 0.350. The number of rotatable bonds is 4. The number of ether oxygens (including phenoxy) is 1. The van der Waals surface area contributed by atoms with Crippen LogP contribution >= 0.6 is 0 Å². The van der Waals surface area contributed by atoms with Gasteiger partial charge in [-0.25, -0.2) is 0 Å². The van der Waals surface area contributed by atoms with Gasteiger partial charge < -0.3 is 9.64 Å². The monoisotopic (exact) mass is 316 g/mol. The van der Waals surface area contributed by atoms with Crippen LogP contribution in [0.25, 0.3) is 0 Å². The number of nitrogens with zero attached hydrogens (tertiary/aromatic N) is 1. The molecule has 2 fully saturated rings. The number of carbonyl (C=O) groups is 3. The van der Waals surface area contributed by atoms with Gasteiger partial charge in [-0.3, -0.25) is 19.7 Å². The fourth-order valence-corrected chi connectivity index (χ4v) is 3.34. The Hall–Kier alpha value is -2.37. The molecule has 1 atom stereocenters. The minimum absolute atomic E-state index is 0.0249. The molecule has 6 heteroatoms. The van der Waals surface area contributed by atoms with Crippen LogP contribution in [0.5, 0.6) is 5.75 Å². The molecular weight excluding hydrogens is 296 g/mol. The van der Waals surface area contributed by atoms with Gasteiger partial charge in [-0.1, -0.05) is 12.1 Å². The number of methoxy groups -OCH3 is 1. The summed E-state index contributed by atoms with van der Waals surface area (Å²) in [5.74, 6) is 0.333. The summed E-state index contributed by atoms with van der Waals surface area (Å²) in [6.07, 6.45) is 1.78. The summed E-state index contributed by atoms with van der Waals surface area (Å²) in [5, 5.41) is 2.35. The lowest BCUT2D eigenvalue weighted by Crippen LogP contribution is -2.36. The number of nitrogens with one attached hydrogen (secondary N) is 1. The maximum atomic E-state index is 12.4. The number of imide groups is 1. The van der Waals surface area contributed by atoms with Gasteiger partial charge in [-0.05, 0) is 30.5 Å². The number of likely N-dealkylation sites (tertiary alicyclic amines) is 1. The molecule has 2 aliphatic rings. The van der Waals surface area contributed by atoms with Crippen LogP contribution in [0.3, 0.4) is 0 Å². The third-order valence-corrected chi connectivity index (χ3v) is 4.70. The first-order valence-corrected chi connectivity index (χ1v) is 7.77. The Kier molecular flexibility index (Phi) is 4.07. The summed E-state index contributed by atoms with van der Waals surface area (Å²) in [6.45, 7) is 0.888. The van der Waals surface area contributed by atoms with Crippen molar-refractivity contribution >= 4 is 17.7 Å². The molecule has 2 aliphatic heterocycles. The third kappa shape index (κ3) is 3.06. The second-order valence-electron chi connectivity index (χ2n) is 6.25. The Morgan fingerprint density at radius 1 is 1.39 bits per heavy atom. The van der Waals surface area contributed by atoms with Gasteiger partial charge in [0.2, 0.25) is 17.7 Å². The van der Waals surface area contributed by atoms with Crippen LogP contribution in [0, 0.1) is 5.41 Å². The van der Waals surface area contributed by atoms with E-state index in [1.54, 1.807) is 12.0 Å². The molecule has 1 aromatic rings. The van der Waals surface area contributed by atoms with E-state index < -0.39 is 5.41 Å². The van der Waals surface area contributed by atoms with E-state index in [2.05, 4.69) is 5.32 Å². The van der Waals surface area contributed by atoms with Crippen LogP contribution in [0.1, 0.15) is 24.8 Å². The van der Waals surface area contributed by atoms with E-state index in [4.69, 9.17) is 4.74 Å². The van der Waals surface area contributed by atoms with E-state index in [0.717, 1.165) is 11.3 Å². The molecule has 23 heavy (non-hydrogen) atoms. The summed E-state index contributed by atoms with van der Waals surface area (Å²) in [6, 6.07) is 7.65. The summed E-state index contributed by atoms with van der Waals surface area (Å²) < 4.78 is 5.17. The molecular formula is C17H20N2O4. The van der Waals surface area contributed by atoms with Crippen LogP contribution in [-0.4, -0.2) is 42.8 Å². The number of hydrogen-bond donors (Lipinski definition) is 1. The van der Waals surface area contributed by atoms with Crippen LogP contribution in [0.15, 0.2) is 24.3 Å². The second kappa shape index (κ2) is 6.02. The first-order chi connectivity index (χ1) is 11.0. The highest BCUT2D eigenvalue weighted by molar-refractivity contribution is 6.06. The van der Waals surface area contributed by atoms with Gasteiger partial charge in [-0.2, -0.15) is 0 Å². The minimum atomic E-state index is -0.692. The number of benzene rings is 1. The smallest absolute Gasteiger partial charge is 0.235 e. The average Bonchev–Trinajstić information content (AvgIpc) is 3.09. The fourth-order valence-electron chi connectivity index (χ4n) is 3.34. The van der Waals surface area contributed by atoms with Crippen molar-refractivity contribution in [3.05, 3.63) is 29.8 Å². The van der Waals surface area contributed by atoms with Gasteiger partial charge in [0.05, 0.1) is 12.5 Å². The SMILES string of the molecule is COc1cccc(CCC(=O)N2CC[C@@]3(CC(=O)NC3=O)C2)c1. The van der Waals surface area contributed by atoms with Gasteiger partial charge in [-0.15, -0.1) is 0 Å². The number of amides is 3. The highest BCUT2D eigenvalue weighted by Gasteiger charge is 2.51. The Morgan fingerprint density at radius 2 is 2.22 bits per heavy atom. The van der Waals surface area contributed by atoms with Gasteiger partial charge in [0.25, 0.3) is 0 Å². The molecule has 0 aromatic heterocycles. The number of carbonyl (C=O) groups excluding carboxylic acids is 3. The van der Waals surface area contributed by atoms with Crippen LogP contribution < -0.4 is 10.1 Å². The summed E-state index contributed by atoms with van der Waals surface area (Å²) in [4.78, 5) is 37.4. The van der Waals surface area contributed by atoms with E-state index in [1.807, 2.05) is 24.3 Å². The first-order valence-electron chi connectivity index (χ1n) is 7.77. The molecule has 2 saturated heterocycles. The Labute approximate surface area is 134 Å². The van der Waals surface area contributed by atoms with Crippen molar-refractivity contribution in [3.63, 3.8) is 0 Å². The molecule has 2 heterocycles. The van der Waals surface area contributed by atoms with Crippen LogP contribution in [-0.2, 0) is 20.8 Å². The van der Waals surface area contributed by atoms with Gasteiger partial charge in [0, 0.05) is 25.9 Å². The summed E-state index contributed by atoms with van der Waals surface area (Å²) >= 11 is 0. The molecule has 1 aromatic carbocycles. The molecule has 0 bridgehead atoms. The lowest BCUT2D eigenvalue weighted by molar-refractivity contribution is -0.131. The molecule has 0 saturated carbocycles. The zero-order valence-electron chi connectivity index (χ0n) is 13.1. The lowest BCUT2D eigenvalue weighted by Gasteiger charge is -2.20. The zero-order valence-corrected chi connectivity index (χ0v) is 13.1. The van der Waals surface area contributed by atoms with Crippen molar-refractivity contribution in [2.45, 2.75) is 25.7 Å². The van der Waals surface area contributed by atoms with E-state index in [1.165, 1.54) is 0 Å². The summed E-state index contributed by atoms with van der Waals surface area (Å²) in [7, 11) is 1.61. The third-order valence-electron chi connectivity index (χ3n) is 4.70. The van der Waals surface area contributed by atoms with Crippen LogP contribution in [0.4, 0.5) is 0 Å². The predicted octanol–water partition coefficient (Wildman–Crippen LogP) is 0.893. The minimum Gasteiger partial charge on any atom is -0.497 e. The second-order valence-corrected chi connectivity index (χ2v) is 6.25. The highest BCUT2D eigenvalue weighted by Crippen LogP contribution is 2.37. The first kappa shape index (κ1) is 15.5. The Bertz CT molecular complexity index is 658. The quantitative estimate of drug-likeness (QED) is 0.837. The van der Waals surface area contributed by atoms with Gasteiger partial charge in [0.1, 0.15) is 5.75 Å². The lowest BCUT2D eigenvalue weighted by atomic mass is 9.85. The van der Waals surface area contributed by atoms with Crippen molar-refractivity contribution in [1.29, 1.82) is 0 Å². The molecule has 3 rings (SSSR count). The van der Waals surface area contributed by atoms with E-state index in [9.17, 15) is 14.4 Å². The maximum Gasteiger partial charge on any atom is 0.235 e. The molecule has 6 nitrogen and oxygen atoms in total. The molecule has 3 amide bonds. The van der Waals surface area contributed by atoms with Gasteiger partial charge in [0.15, 0.2) is 0 Å². The van der Waals surface area contributed by atoms with Crippen molar-refractivity contribution in [1.82, 2.24) is 10.2 Å². The van der Waals surface area contributed by atoms with Crippen molar-refractivity contribution in [2.75, 3.05) is 20.2 Å². The van der Waals surface area contributed by atoms with Crippen molar-refractivity contribution in [3.8, 4) is 5.75 Å². The molecule has 0 radical (unpaired) electrons. The Morgan fingerprint density at radius 3 is 2.91 bits per heavy atom.